The van der Waals surface area contributed by atoms with Gasteiger partial charge in [-0.05, 0) is 92.8 Å². The van der Waals surface area contributed by atoms with Gasteiger partial charge < -0.3 is 14.2 Å². The maximum absolute atomic E-state index is 13.8. The van der Waals surface area contributed by atoms with E-state index >= 15 is 0 Å². The molecule has 1 radical (unpaired) electrons. The second-order valence-corrected chi connectivity index (χ2v) is 11.5. The van der Waals surface area contributed by atoms with E-state index in [0.717, 1.165) is 40.5 Å². The molecule has 0 aliphatic carbocycles. The Morgan fingerprint density at radius 3 is 1.77 bits per heavy atom. The minimum absolute atomic E-state index is 0.0710. The molecule has 0 N–H and O–H groups in total. The van der Waals surface area contributed by atoms with Gasteiger partial charge in [-0.15, -0.1) is 23.4 Å². The number of carbonyl (C=O) groups excluding carboxylic acids is 1. The number of rotatable bonds is 13. The molecule has 2 atom stereocenters. The molecule has 0 spiro atoms. The predicted octanol–water partition coefficient (Wildman–Crippen LogP) is 9.12. The molecule has 43 heavy (non-hydrogen) atoms. The Morgan fingerprint density at radius 2 is 1.23 bits per heavy atom. The first-order chi connectivity index (χ1) is 20.4. The normalized spacial score (nSPS) is 20.6. The molecule has 9 heteroatoms. The number of benzene rings is 3. The number of unbranched alkanes of at least 4 members (excludes halogenated alkanes) is 5. The van der Waals surface area contributed by atoms with Gasteiger partial charge in [-0.25, -0.2) is 4.79 Å². The minimum atomic E-state index is -4.82. The lowest BCUT2D eigenvalue weighted by Crippen LogP contribution is -2.44. The fraction of sp³-hybridized carbons (Fsp3) is 0.441. The molecular formula is C34H39F3NO5. The van der Waals surface area contributed by atoms with Crippen molar-refractivity contribution in [2.24, 2.45) is 0 Å². The summed E-state index contributed by atoms with van der Waals surface area (Å²) in [4.78, 5) is 12.5. The molecule has 0 saturated carbocycles. The lowest BCUT2D eigenvalue weighted by molar-refractivity contribution is -0.274. The van der Waals surface area contributed by atoms with Crippen LogP contribution in [-0.4, -0.2) is 24.0 Å². The Morgan fingerprint density at radius 1 is 0.744 bits per heavy atom. The highest BCUT2D eigenvalue weighted by Crippen LogP contribution is 2.51. The quantitative estimate of drug-likeness (QED) is 0.112. The number of carbonyl (C=O) groups is 1. The number of hydrogen-bond donors (Lipinski definition) is 0. The minimum Gasteiger partial charge on any atom is -0.494 e. The van der Waals surface area contributed by atoms with Crippen LogP contribution in [-0.2, 0) is 16.3 Å². The number of esters is 1. The first-order valence-corrected chi connectivity index (χ1v) is 14.8. The van der Waals surface area contributed by atoms with E-state index in [4.69, 9.17) is 9.47 Å². The van der Waals surface area contributed by atoms with Crippen LogP contribution in [0.15, 0.2) is 72.8 Å². The SMILES string of the molecule is CCCCCCCCOc1ccc([C@]2(C)CC[C@@](C)(c3ccc(OC(=O)c4ccc(OC(F)(F)F)cc4)cc3)N2[O])cc1. The highest BCUT2D eigenvalue weighted by atomic mass is 19.4. The van der Waals surface area contributed by atoms with Crippen LogP contribution in [0.5, 0.6) is 17.2 Å². The molecule has 1 saturated heterocycles. The molecule has 6 nitrogen and oxygen atoms in total. The van der Waals surface area contributed by atoms with Crippen molar-refractivity contribution in [1.29, 1.82) is 0 Å². The van der Waals surface area contributed by atoms with Gasteiger partial charge in [0.25, 0.3) is 0 Å². The van der Waals surface area contributed by atoms with Crippen LogP contribution in [0, 0.1) is 0 Å². The Balaban J connectivity index is 1.34. The smallest absolute Gasteiger partial charge is 0.494 e. The molecule has 0 bridgehead atoms. The average molecular weight is 599 g/mol. The summed E-state index contributed by atoms with van der Waals surface area (Å²) in [5.41, 5.74) is 0.272. The summed E-state index contributed by atoms with van der Waals surface area (Å²) in [6.45, 7) is 6.76. The molecule has 0 aromatic heterocycles. The van der Waals surface area contributed by atoms with E-state index in [0.29, 0.717) is 19.4 Å². The van der Waals surface area contributed by atoms with Gasteiger partial charge in [-0.1, -0.05) is 63.3 Å². The van der Waals surface area contributed by atoms with E-state index < -0.39 is 29.2 Å². The van der Waals surface area contributed by atoms with E-state index in [1.54, 1.807) is 24.3 Å². The van der Waals surface area contributed by atoms with Crippen LogP contribution in [0.25, 0.3) is 0 Å². The van der Waals surface area contributed by atoms with E-state index in [9.17, 15) is 23.2 Å². The van der Waals surface area contributed by atoms with Gasteiger partial charge in [-0.2, -0.15) is 0 Å². The van der Waals surface area contributed by atoms with Gasteiger partial charge in [-0.3, -0.25) is 0 Å². The fourth-order valence-electron chi connectivity index (χ4n) is 5.58. The average Bonchev–Trinajstić information content (AvgIpc) is 3.23. The topological polar surface area (TPSA) is 67.9 Å². The summed E-state index contributed by atoms with van der Waals surface area (Å²) >= 11 is 0. The number of ether oxygens (including phenoxy) is 3. The molecule has 0 unspecified atom stereocenters. The zero-order valence-corrected chi connectivity index (χ0v) is 24.9. The Bertz CT molecular complexity index is 1330. The van der Waals surface area contributed by atoms with Gasteiger partial charge in [0.05, 0.1) is 23.2 Å². The third-order valence-corrected chi connectivity index (χ3v) is 8.25. The third-order valence-electron chi connectivity index (χ3n) is 8.25. The number of hydrogen-bond acceptors (Lipinski definition) is 5. The highest BCUT2D eigenvalue weighted by Gasteiger charge is 2.52. The van der Waals surface area contributed by atoms with Crippen molar-refractivity contribution in [1.82, 2.24) is 5.06 Å². The maximum atomic E-state index is 13.8. The molecule has 4 rings (SSSR count). The van der Waals surface area contributed by atoms with Crippen LogP contribution in [0.4, 0.5) is 13.2 Å². The van der Waals surface area contributed by atoms with Gasteiger partial charge in [0.1, 0.15) is 17.2 Å². The monoisotopic (exact) mass is 598 g/mol. The molecule has 0 amide bonds. The first kappa shape index (κ1) is 32.4. The number of hydroxylamine groups is 2. The molecule has 231 valence electrons. The van der Waals surface area contributed by atoms with Gasteiger partial charge in [0.2, 0.25) is 0 Å². The Kier molecular flexibility index (Phi) is 10.4. The zero-order valence-electron chi connectivity index (χ0n) is 24.9. The van der Waals surface area contributed by atoms with Crippen LogP contribution in [0.3, 0.4) is 0 Å². The van der Waals surface area contributed by atoms with Crippen molar-refractivity contribution >= 4 is 5.97 Å². The standard InChI is InChI=1S/C34H39F3NO5/c1-4-5-6-7-8-9-24-41-28-18-12-26(13-19-28)32(2)22-23-33(3,38(32)40)27-14-20-29(21-15-27)42-31(39)25-10-16-30(17-11-25)43-34(35,36)37/h10-21H,4-9,22-24H2,1-3H3/t32-,33-/m0/s1. The van der Waals surface area contributed by atoms with Gasteiger partial charge >= 0.3 is 12.3 Å². The van der Waals surface area contributed by atoms with Crippen molar-refractivity contribution in [3.05, 3.63) is 89.5 Å². The van der Waals surface area contributed by atoms with Crippen LogP contribution >= 0.6 is 0 Å². The summed E-state index contributed by atoms with van der Waals surface area (Å²) in [5.74, 6) is -0.103. The molecule has 3 aromatic rings. The zero-order chi connectivity index (χ0) is 31.1. The summed E-state index contributed by atoms with van der Waals surface area (Å²) in [6, 6.07) is 19.0. The summed E-state index contributed by atoms with van der Waals surface area (Å²) in [7, 11) is 0. The predicted molar refractivity (Wildman–Crippen MR) is 156 cm³/mol. The highest BCUT2D eigenvalue weighted by molar-refractivity contribution is 5.91. The van der Waals surface area contributed by atoms with E-state index in [1.165, 1.54) is 44.2 Å². The Labute approximate surface area is 251 Å². The molecule has 3 aromatic carbocycles. The van der Waals surface area contributed by atoms with Crippen molar-refractivity contribution < 1.29 is 37.4 Å². The number of halogens is 3. The molecule has 1 aliphatic heterocycles. The molecule has 1 fully saturated rings. The van der Waals surface area contributed by atoms with E-state index in [2.05, 4.69) is 11.7 Å². The van der Waals surface area contributed by atoms with Crippen molar-refractivity contribution in [3.63, 3.8) is 0 Å². The van der Waals surface area contributed by atoms with Crippen molar-refractivity contribution in [2.45, 2.75) is 89.6 Å². The van der Waals surface area contributed by atoms with Crippen molar-refractivity contribution in [3.8, 4) is 17.2 Å². The van der Waals surface area contributed by atoms with Gasteiger partial charge in [0.15, 0.2) is 0 Å². The maximum Gasteiger partial charge on any atom is 0.573 e. The van der Waals surface area contributed by atoms with E-state index in [1.807, 2.05) is 38.1 Å². The molecular weight excluding hydrogens is 559 g/mol. The van der Waals surface area contributed by atoms with E-state index in [-0.39, 0.29) is 11.3 Å². The Hall–Kier alpha value is -3.56. The molecule has 1 aliphatic rings. The second kappa shape index (κ2) is 13.8. The lowest BCUT2D eigenvalue weighted by Gasteiger charge is -2.37. The largest absolute Gasteiger partial charge is 0.573 e. The first-order valence-electron chi connectivity index (χ1n) is 14.8. The van der Waals surface area contributed by atoms with Crippen LogP contribution < -0.4 is 14.2 Å². The third kappa shape index (κ3) is 8.09. The second-order valence-electron chi connectivity index (χ2n) is 11.5. The van der Waals surface area contributed by atoms with Gasteiger partial charge in [0, 0.05) is 0 Å². The van der Waals surface area contributed by atoms with Crippen LogP contribution in [0.2, 0.25) is 0 Å². The molecule has 1 heterocycles. The lowest BCUT2D eigenvalue weighted by atomic mass is 9.89. The summed E-state index contributed by atoms with van der Waals surface area (Å²) in [5, 5.41) is 15.0. The number of alkyl halides is 3. The van der Waals surface area contributed by atoms with Crippen LogP contribution in [0.1, 0.15) is 93.6 Å². The summed E-state index contributed by atoms with van der Waals surface area (Å²) < 4.78 is 52.2. The summed E-state index contributed by atoms with van der Waals surface area (Å²) in [6.07, 6.45) is 3.71. The van der Waals surface area contributed by atoms with Crippen molar-refractivity contribution in [2.75, 3.05) is 6.61 Å². The fourth-order valence-corrected chi connectivity index (χ4v) is 5.58. The number of nitrogens with zero attached hydrogens (tertiary/aromatic N) is 1.